The molecule has 0 radical (unpaired) electrons. The van der Waals surface area contributed by atoms with E-state index in [2.05, 4.69) is 5.32 Å². The van der Waals surface area contributed by atoms with E-state index in [9.17, 15) is 9.59 Å². The van der Waals surface area contributed by atoms with Crippen LogP contribution in [0.1, 0.15) is 6.92 Å². The summed E-state index contributed by atoms with van der Waals surface area (Å²) in [5.41, 5.74) is 0. The van der Waals surface area contributed by atoms with Crippen LogP contribution in [-0.4, -0.2) is 61.4 Å². The number of piperazine rings is 1. The Morgan fingerprint density at radius 2 is 2.07 bits per heavy atom. The van der Waals surface area contributed by atoms with Crippen LogP contribution in [0.15, 0.2) is 0 Å². The van der Waals surface area contributed by atoms with Crippen LogP contribution < -0.4 is 5.32 Å². The molecule has 1 rings (SSSR count). The van der Waals surface area contributed by atoms with Gasteiger partial charge < -0.3 is 15.1 Å². The first-order chi connectivity index (χ1) is 6.54. The average Bonchev–Trinajstić information content (AvgIpc) is 2.16. The summed E-state index contributed by atoms with van der Waals surface area (Å²) in [6, 6.07) is -0.337. The lowest BCUT2D eigenvalue weighted by atomic mass is 10.1. The standard InChI is InChI=1S/C9H17N3O2/c1-7(13)12-5-4-10-6-8(12)9(14)11(2)3/h8,10H,4-6H2,1-3H3/t8-/m0/s1. The van der Waals surface area contributed by atoms with E-state index in [0.717, 1.165) is 6.54 Å². The highest BCUT2D eigenvalue weighted by molar-refractivity contribution is 5.87. The van der Waals surface area contributed by atoms with E-state index in [1.165, 1.54) is 11.8 Å². The van der Waals surface area contributed by atoms with Gasteiger partial charge in [0.25, 0.3) is 0 Å². The molecule has 14 heavy (non-hydrogen) atoms. The molecule has 0 aliphatic carbocycles. The van der Waals surface area contributed by atoms with Gasteiger partial charge in [-0.2, -0.15) is 0 Å². The van der Waals surface area contributed by atoms with Crippen LogP contribution in [0.5, 0.6) is 0 Å². The van der Waals surface area contributed by atoms with Gasteiger partial charge in [-0.15, -0.1) is 0 Å². The topological polar surface area (TPSA) is 52.7 Å². The maximum atomic E-state index is 11.7. The number of carbonyl (C=O) groups excluding carboxylic acids is 2. The van der Waals surface area contributed by atoms with Gasteiger partial charge in [0, 0.05) is 40.7 Å². The van der Waals surface area contributed by atoms with Gasteiger partial charge in [-0.05, 0) is 0 Å². The predicted molar refractivity (Wildman–Crippen MR) is 52.7 cm³/mol. The number of likely N-dealkylation sites (N-methyl/N-ethyl adjacent to an activating group) is 1. The summed E-state index contributed by atoms with van der Waals surface area (Å²) in [6.07, 6.45) is 0. The first-order valence-corrected chi connectivity index (χ1v) is 4.73. The molecule has 1 heterocycles. The van der Waals surface area contributed by atoms with Gasteiger partial charge in [0.05, 0.1) is 0 Å². The van der Waals surface area contributed by atoms with Crippen molar-refractivity contribution in [1.82, 2.24) is 15.1 Å². The van der Waals surface area contributed by atoms with Crippen molar-refractivity contribution in [2.24, 2.45) is 0 Å². The molecule has 1 fully saturated rings. The first-order valence-electron chi connectivity index (χ1n) is 4.73. The third-order valence-electron chi connectivity index (χ3n) is 2.37. The molecule has 0 spiro atoms. The third kappa shape index (κ3) is 2.23. The molecule has 1 saturated heterocycles. The van der Waals surface area contributed by atoms with E-state index in [1.54, 1.807) is 19.0 Å². The van der Waals surface area contributed by atoms with Gasteiger partial charge in [-0.3, -0.25) is 9.59 Å². The second-order valence-electron chi connectivity index (χ2n) is 3.66. The van der Waals surface area contributed by atoms with E-state index in [4.69, 9.17) is 0 Å². The molecule has 5 heteroatoms. The van der Waals surface area contributed by atoms with Gasteiger partial charge in [-0.25, -0.2) is 0 Å². The molecule has 1 N–H and O–H groups in total. The Morgan fingerprint density at radius 3 is 2.57 bits per heavy atom. The second kappa shape index (κ2) is 4.41. The summed E-state index contributed by atoms with van der Waals surface area (Å²) in [5.74, 6) is -0.0564. The number of rotatable bonds is 1. The van der Waals surface area contributed by atoms with Crippen molar-refractivity contribution in [2.45, 2.75) is 13.0 Å². The van der Waals surface area contributed by atoms with Crippen LogP contribution in [0, 0.1) is 0 Å². The van der Waals surface area contributed by atoms with Crippen LogP contribution in [0.3, 0.4) is 0 Å². The summed E-state index contributed by atoms with van der Waals surface area (Å²) in [7, 11) is 3.41. The molecule has 0 bridgehead atoms. The van der Waals surface area contributed by atoms with Crippen LogP contribution in [0.25, 0.3) is 0 Å². The van der Waals surface area contributed by atoms with Crippen LogP contribution in [0.2, 0.25) is 0 Å². The quantitative estimate of drug-likeness (QED) is 0.583. The lowest BCUT2D eigenvalue weighted by molar-refractivity contribution is -0.144. The smallest absolute Gasteiger partial charge is 0.246 e. The minimum atomic E-state index is -0.337. The molecular weight excluding hydrogens is 182 g/mol. The molecule has 0 aromatic carbocycles. The lowest BCUT2D eigenvalue weighted by Gasteiger charge is -2.35. The summed E-state index contributed by atoms with van der Waals surface area (Å²) in [5, 5.41) is 3.11. The number of nitrogens with zero attached hydrogens (tertiary/aromatic N) is 2. The van der Waals surface area contributed by atoms with E-state index < -0.39 is 0 Å². The maximum absolute atomic E-state index is 11.7. The van der Waals surface area contributed by atoms with Crippen molar-refractivity contribution in [3.8, 4) is 0 Å². The molecule has 0 aromatic rings. The largest absolute Gasteiger partial charge is 0.347 e. The number of hydrogen-bond acceptors (Lipinski definition) is 3. The zero-order chi connectivity index (χ0) is 10.7. The fourth-order valence-electron chi connectivity index (χ4n) is 1.60. The number of amides is 2. The fraction of sp³-hybridized carbons (Fsp3) is 0.778. The Hall–Kier alpha value is -1.10. The SMILES string of the molecule is CC(=O)N1CCNC[C@H]1C(=O)N(C)C. The molecule has 1 atom stereocenters. The van der Waals surface area contributed by atoms with Gasteiger partial charge in [0.15, 0.2) is 0 Å². The molecule has 5 nitrogen and oxygen atoms in total. The Kier molecular flexibility index (Phi) is 3.46. The van der Waals surface area contributed by atoms with Gasteiger partial charge in [0.2, 0.25) is 11.8 Å². The highest BCUT2D eigenvalue weighted by Crippen LogP contribution is 2.05. The molecule has 0 saturated carbocycles. The minimum absolute atomic E-state index is 0.0209. The van der Waals surface area contributed by atoms with Gasteiger partial charge in [0.1, 0.15) is 6.04 Å². The highest BCUT2D eigenvalue weighted by Gasteiger charge is 2.30. The number of carbonyl (C=O) groups is 2. The molecule has 2 amide bonds. The third-order valence-corrected chi connectivity index (χ3v) is 2.37. The number of nitrogens with one attached hydrogen (secondary N) is 1. The molecule has 80 valence electrons. The lowest BCUT2D eigenvalue weighted by Crippen LogP contribution is -2.58. The van der Waals surface area contributed by atoms with Crippen LogP contribution >= 0.6 is 0 Å². The summed E-state index contributed by atoms with van der Waals surface area (Å²) < 4.78 is 0. The summed E-state index contributed by atoms with van der Waals surface area (Å²) >= 11 is 0. The zero-order valence-electron chi connectivity index (χ0n) is 8.91. The Morgan fingerprint density at radius 1 is 1.43 bits per heavy atom. The molecular formula is C9H17N3O2. The zero-order valence-corrected chi connectivity index (χ0v) is 8.91. The van der Waals surface area contributed by atoms with Crippen LogP contribution in [-0.2, 0) is 9.59 Å². The van der Waals surface area contributed by atoms with E-state index in [0.29, 0.717) is 13.1 Å². The Bertz CT molecular complexity index is 240. The van der Waals surface area contributed by atoms with E-state index in [1.807, 2.05) is 0 Å². The minimum Gasteiger partial charge on any atom is -0.347 e. The molecule has 0 unspecified atom stereocenters. The highest BCUT2D eigenvalue weighted by atomic mass is 16.2. The van der Waals surface area contributed by atoms with E-state index in [-0.39, 0.29) is 17.9 Å². The number of hydrogen-bond donors (Lipinski definition) is 1. The van der Waals surface area contributed by atoms with Gasteiger partial charge in [-0.1, -0.05) is 0 Å². The average molecular weight is 199 g/mol. The normalized spacial score (nSPS) is 21.9. The van der Waals surface area contributed by atoms with Crippen molar-refractivity contribution in [3.63, 3.8) is 0 Å². The molecule has 1 aliphatic rings. The second-order valence-corrected chi connectivity index (χ2v) is 3.66. The van der Waals surface area contributed by atoms with Crippen LogP contribution in [0.4, 0.5) is 0 Å². The first kappa shape index (κ1) is 11.0. The van der Waals surface area contributed by atoms with Crippen molar-refractivity contribution in [1.29, 1.82) is 0 Å². The molecule has 1 aliphatic heterocycles. The summed E-state index contributed by atoms with van der Waals surface area (Å²) in [4.78, 5) is 26.1. The monoisotopic (exact) mass is 199 g/mol. The summed E-state index contributed by atoms with van der Waals surface area (Å²) in [6.45, 7) is 3.42. The van der Waals surface area contributed by atoms with Crippen molar-refractivity contribution in [3.05, 3.63) is 0 Å². The Labute approximate surface area is 84.0 Å². The van der Waals surface area contributed by atoms with E-state index >= 15 is 0 Å². The maximum Gasteiger partial charge on any atom is 0.246 e. The van der Waals surface area contributed by atoms with Gasteiger partial charge >= 0.3 is 0 Å². The predicted octanol–water partition coefficient (Wildman–Crippen LogP) is -1.11. The fourth-order valence-corrected chi connectivity index (χ4v) is 1.60. The Balaban J connectivity index is 2.72. The van der Waals surface area contributed by atoms with Crippen molar-refractivity contribution >= 4 is 11.8 Å². The van der Waals surface area contributed by atoms with Crippen molar-refractivity contribution in [2.75, 3.05) is 33.7 Å². The van der Waals surface area contributed by atoms with Crippen molar-refractivity contribution < 1.29 is 9.59 Å². The molecule has 0 aromatic heterocycles.